The Hall–Kier alpha value is -2.49. The number of rotatable bonds is 23. The van der Waals surface area contributed by atoms with Crippen LogP contribution in [0.4, 0.5) is 0 Å². The SMILES string of the molecule is COC(=O)CCCOCCCCCCCCCCCOCCO[C@H]1C[C@@]2(C)[C@@H](CCC23OCCO3)[C@@H]2CCc3cc(OCc4ccccc4)ccc3[C@H]21. The molecule has 1 aliphatic heterocycles. The highest BCUT2D eigenvalue weighted by molar-refractivity contribution is 5.69. The Kier molecular flexibility index (Phi) is 15.5. The molecule has 8 heteroatoms. The van der Waals surface area contributed by atoms with Crippen LogP contribution in [0.5, 0.6) is 5.75 Å². The third-order valence-electron chi connectivity index (χ3n) is 12.7. The normalized spacial score (nSPS) is 25.5. The minimum atomic E-state index is -0.459. The van der Waals surface area contributed by atoms with Gasteiger partial charge in [0.25, 0.3) is 0 Å². The summed E-state index contributed by atoms with van der Waals surface area (Å²) >= 11 is 0. The van der Waals surface area contributed by atoms with Crippen LogP contribution in [-0.4, -0.2) is 71.2 Å². The number of unbranched alkanes of at least 4 members (excludes halogenated alkanes) is 8. The van der Waals surface area contributed by atoms with Gasteiger partial charge in [-0.2, -0.15) is 0 Å². The molecule has 8 nitrogen and oxygen atoms in total. The monoisotopic (exact) mass is 734 g/mol. The van der Waals surface area contributed by atoms with Crippen LogP contribution in [0.25, 0.3) is 0 Å². The van der Waals surface area contributed by atoms with Crippen molar-refractivity contribution in [2.24, 2.45) is 17.3 Å². The van der Waals surface area contributed by atoms with E-state index in [9.17, 15) is 4.79 Å². The predicted molar refractivity (Wildman–Crippen MR) is 206 cm³/mol. The summed E-state index contributed by atoms with van der Waals surface area (Å²) in [4.78, 5) is 11.1. The van der Waals surface area contributed by atoms with E-state index >= 15 is 0 Å². The first-order valence-electron chi connectivity index (χ1n) is 20.9. The zero-order valence-corrected chi connectivity index (χ0v) is 32.7. The number of carbonyl (C=O) groups is 1. The van der Waals surface area contributed by atoms with Gasteiger partial charge in [-0.3, -0.25) is 4.79 Å². The number of esters is 1. The molecule has 2 saturated carbocycles. The second-order valence-corrected chi connectivity index (χ2v) is 16.1. The molecule has 1 spiro atoms. The van der Waals surface area contributed by atoms with Crippen LogP contribution >= 0.6 is 0 Å². The summed E-state index contributed by atoms with van der Waals surface area (Å²) in [6.07, 6.45) is 17.7. The highest BCUT2D eigenvalue weighted by Gasteiger charge is 2.67. The van der Waals surface area contributed by atoms with Crippen LogP contribution in [0.1, 0.15) is 126 Å². The zero-order valence-electron chi connectivity index (χ0n) is 32.7. The zero-order chi connectivity index (χ0) is 36.8. The molecule has 3 fully saturated rings. The van der Waals surface area contributed by atoms with Crippen molar-refractivity contribution < 1.29 is 38.0 Å². The summed E-state index contributed by atoms with van der Waals surface area (Å²) < 4.78 is 42.4. The number of benzene rings is 2. The average Bonchev–Trinajstić information content (AvgIpc) is 3.79. The molecule has 1 heterocycles. The Bertz CT molecular complexity index is 1380. The molecule has 4 aliphatic rings. The van der Waals surface area contributed by atoms with Crippen molar-refractivity contribution in [3.63, 3.8) is 0 Å². The van der Waals surface area contributed by atoms with Gasteiger partial charge in [0.05, 0.1) is 39.6 Å². The maximum atomic E-state index is 11.1. The first kappa shape index (κ1) is 40.2. The molecule has 1 saturated heterocycles. The maximum Gasteiger partial charge on any atom is 0.305 e. The molecule has 0 bridgehead atoms. The van der Waals surface area contributed by atoms with Crippen molar-refractivity contribution in [3.8, 4) is 5.75 Å². The number of fused-ring (bicyclic) bond motifs is 6. The van der Waals surface area contributed by atoms with Gasteiger partial charge in [-0.1, -0.05) is 88.3 Å². The van der Waals surface area contributed by atoms with Crippen LogP contribution < -0.4 is 4.74 Å². The van der Waals surface area contributed by atoms with E-state index in [4.69, 9.17) is 28.4 Å². The largest absolute Gasteiger partial charge is 0.489 e. The van der Waals surface area contributed by atoms with Gasteiger partial charge in [-0.15, -0.1) is 0 Å². The van der Waals surface area contributed by atoms with Crippen molar-refractivity contribution in [1.82, 2.24) is 0 Å². The van der Waals surface area contributed by atoms with Crippen LogP contribution in [0.2, 0.25) is 0 Å². The van der Waals surface area contributed by atoms with Gasteiger partial charge in [0.2, 0.25) is 0 Å². The third-order valence-corrected chi connectivity index (χ3v) is 12.7. The number of aryl methyl sites for hydroxylation is 1. The van der Waals surface area contributed by atoms with Gasteiger partial charge >= 0.3 is 5.97 Å². The van der Waals surface area contributed by atoms with Crippen LogP contribution in [0, 0.1) is 17.3 Å². The fraction of sp³-hybridized carbons (Fsp3) is 0.711. The molecule has 6 rings (SSSR count). The molecule has 3 aliphatic carbocycles. The average molecular weight is 735 g/mol. The Balaban J connectivity index is 0.901. The van der Waals surface area contributed by atoms with Gasteiger partial charge in [-0.25, -0.2) is 0 Å². The summed E-state index contributed by atoms with van der Waals surface area (Å²) in [7, 11) is 1.43. The second-order valence-electron chi connectivity index (χ2n) is 16.1. The second kappa shape index (κ2) is 20.4. The molecule has 53 heavy (non-hydrogen) atoms. The lowest BCUT2D eigenvalue weighted by atomic mass is 9.53. The van der Waals surface area contributed by atoms with Gasteiger partial charge in [0.1, 0.15) is 12.4 Å². The summed E-state index contributed by atoms with van der Waals surface area (Å²) in [6, 6.07) is 17.2. The quantitative estimate of drug-likeness (QED) is 0.0826. The van der Waals surface area contributed by atoms with Gasteiger partial charge in [-0.05, 0) is 85.6 Å². The minimum Gasteiger partial charge on any atom is -0.489 e. The molecule has 0 amide bonds. The van der Waals surface area contributed by atoms with E-state index < -0.39 is 5.79 Å². The minimum absolute atomic E-state index is 0.0471. The summed E-state index contributed by atoms with van der Waals surface area (Å²) in [5.74, 6) is 1.83. The van der Waals surface area contributed by atoms with E-state index in [1.165, 1.54) is 81.6 Å². The van der Waals surface area contributed by atoms with E-state index in [1.54, 1.807) is 0 Å². The Morgan fingerprint density at radius 3 is 2.19 bits per heavy atom. The number of ether oxygens (including phenoxy) is 7. The number of hydrogen-bond donors (Lipinski definition) is 0. The van der Waals surface area contributed by atoms with Crippen molar-refractivity contribution >= 4 is 5.97 Å². The topological polar surface area (TPSA) is 81.7 Å². The van der Waals surface area contributed by atoms with Gasteiger partial charge in [0, 0.05) is 44.0 Å². The molecular formula is C45H66O8. The van der Waals surface area contributed by atoms with Gasteiger partial charge < -0.3 is 33.2 Å². The highest BCUT2D eigenvalue weighted by atomic mass is 16.7. The summed E-state index contributed by atoms with van der Waals surface area (Å²) in [6.45, 7) is 7.91. The van der Waals surface area contributed by atoms with Crippen molar-refractivity contribution in [2.45, 2.75) is 134 Å². The standard InChI is InChI=1S/C45H66O8/c1-44-33-41(50-29-28-49-26-14-9-7-5-3-4-6-8-13-25-48-27-15-18-42(46)47-2)43-38-22-20-37(51-34-35-16-11-10-12-17-35)32-36(38)19-21-39(43)40(44)23-24-45(44)52-30-31-53-45/h10-12,16-17,20,22,32,39-41,43H,3-9,13-15,18-19,21,23-31,33-34H2,1-2H3/t39-,40-,41-,43+,44-/m0/s1. The lowest BCUT2D eigenvalue weighted by molar-refractivity contribution is -0.250. The van der Waals surface area contributed by atoms with E-state index in [2.05, 4.69) is 54.1 Å². The van der Waals surface area contributed by atoms with Crippen molar-refractivity contribution in [2.75, 3.05) is 53.4 Å². The predicted octanol–water partition coefficient (Wildman–Crippen LogP) is 9.36. The van der Waals surface area contributed by atoms with Crippen LogP contribution in [-0.2, 0) is 46.2 Å². The van der Waals surface area contributed by atoms with Crippen molar-refractivity contribution in [3.05, 3.63) is 65.2 Å². The van der Waals surface area contributed by atoms with Crippen molar-refractivity contribution in [1.29, 1.82) is 0 Å². The Morgan fingerprint density at radius 2 is 1.47 bits per heavy atom. The van der Waals surface area contributed by atoms with Crippen LogP contribution in [0.15, 0.2) is 48.5 Å². The maximum absolute atomic E-state index is 11.1. The molecule has 0 radical (unpaired) electrons. The molecule has 2 aromatic rings. The van der Waals surface area contributed by atoms with Crippen LogP contribution in [0.3, 0.4) is 0 Å². The molecular weight excluding hydrogens is 668 g/mol. The molecule has 5 atom stereocenters. The lowest BCUT2D eigenvalue weighted by Gasteiger charge is -2.55. The smallest absolute Gasteiger partial charge is 0.305 e. The first-order chi connectivity index (χ1) is 26.0. The molecule has 0 unspecified atom stereocenters. The molecule has 294 valence electrons. The van der Waals surface area contributed by atoms with E-state index in [0.29, 0.717) is 63.8 Å². The van der Waals surface area contributed by atoms with E-state index in [-0.39, 0.29) is 17.5 Å². The molecule has 0 N–H and O–H groups in total. The number of methoxy groups -OCH3 is 1. The Labute approximate surface area is 318 Å². The fourth-order valence-corrected chi connectivity index (χ4v) is 10.0. The van der Waals surface area contributed by atoms with E-state index in [1.807, 2.05) is 6.07 Å². The summed E-state index contributed by atoms with van der Waals surface area (Å²) in [5.41, 5.74) is 4.01. The Morgan fingerprint density at radius 1 is 0.792 bits per heavy atom. The molecule has 2 aromatic carbocycles. The first-order valence-corrected chi connectivity index (χ1v) is 20.9. The van der Waals surface area contributed by atoms with Gasteiger partial charge in [0.15, 0.2) is 5.79 Å². The highest BCUT2D eigenvalue weighted by Crippen LogP contribution is 2.66. The third kappa shape index (κ3) is 10.4. The number of carbonyl (C=O) groups excluding carboxylic acids is 1. The lowest BCUT2D eigenvalue weighted by Crippen LogP contribution is -2.56. The fourth-order valence-electron chi connectivity index (χ4n) is 10.0. The molecule has 0 aromatic heterocycles. The number of hydrogen-bond acceptors (Lipinski definition) is 8. The summed E-state index contributed by atoms with van der Waals surface area (Å²) in [5, 5.41) is 0. The van der Waals surface area contributed by atoms with E-state index in [0.717, 1.165) is 57.5 Å².